The molecule has 0 aliphatic carbocycles. The van der Waals surface area contributed by atoms with Crippen LogP contribution < -0.4 is 10.2 Å². The van der Waals surface area contributed by atoms with Gasteiger partial charge < -0.3 is 24.6 Å². The van der Waals surface area contributed by atoms with Gasteiger partial charge in [-0.15, -0.1) is 0 Å². The molecule has 26 heavy (non-hydrogen) atoms. The zero-order valence-corrected chi connectivity index (χ0v) is 16.6. The highest BCUT2D eigenvalue weighted by molar-refractivity contribution is 5.48. The molecule has 1 aromatic carbocycles. The number of anilines is 1. The fourth-order valence-corrected chi connectivity index (χ4v) is 3.89. The minimum Gasteiger partial charge on any atom is -0.379 e. The Kier molecular flexibility index (Phi) is 7.32. The standard InChI is InChI=1S/C21H35N3O2/c1-17-5-4-6-19(15-17)24-10-7-18(8-11-24)22-20-9-13-25-16-21(20)26-14-12-23(2)3/h4-6,15,18,20-22H,7-14,16H2,1-3H3/t20-,21-/m1/s1. The number of rotatable bonds is 7. The van der Waals surface area contributed by atoms with E-state index in [9.17, 15) is 0 Å². The predicted octanol–water partition coefficient (Wildman–Crippen LogP) is 2.29. The molecule has 146 valence electrons. The van der Waals surface area contributed by atoms with E-state index in [1.807, 2.05) is 0 Å². The number of benzene rings is 1. The van der Waals surface area contributed by atoms with E-state index in [0.717, 1.165) is 39.3 Å². The summed E-state index contributed by atoms with van der Waals surface area (Å²) in [6.45, 7) is 7.69. The van der Waals surface area contributed by atoms with Crippen LogP contribution in [0.3, 0.4) is 0 Å². The molecule has 2 aliphatic rings. The van der Waals surface area contributed by atoms with Gasteiger partial charge in [0.15, 0.2) is 0 Å². The molecule has 1 aromatic rings. The highest BCUT2D eigenvalue weighted by Gasteiger charge is 2.30. The first-order valence-corrected chi connectivity index (χ1v) is 10.0. The molecule has 5 heteroatoms. The summed E-state index contributed by atoms with van der Waals surface area (Å²) in [6.07, 6.45) is 3.61. The predicted molar refractivity (Wildman–Crippen MR) is 107 cm³/mol. The lowest BCUT2D eigenvalue weighted by molar-refractivity contribution is -0.0734. The maximum Gasteiger partial charge on any atom is 0.0962 e. The molecule has 0 aromatic heterocycles. The largest absolute Gasteiger partial charge is 0.379 e. The summed E-state index contributed by atoms with van der Waals surface area (Å²) >= 11 is 0. The van der Waals surface area contributed by atoms with Crippen molar-refractivity contribution in [2.75, 3.05) is 58.5 Å². The van der Waals surface area contributed by atoms with Gasteiger partial charge in [0.25, 0.3) is 0 Å². The monoisotopic (exact) mass is 361 g/mol. The summed E-state index contributed by atoms with van der Waals surface area (Å²) in [4.78, 5) is 4.67. The average Bonchev–Trinajstić information content (AvgIpc) is 2.63. The van der Waals surface area contributed by atoms with E-state index in [1.165, 1.54) is 24.1 Å². The number of hydrogen-bond acceptors (Lipinski definition) is 5. The molecule has 0 spiro atoms. The SMILES string of the molecule is Cc1cccc(N2CCC(N[C@@H]3CCOC[C@H]3OCCN(C)C)CC2)c1. The average molecular weight is 362 g/mol. The molecule has 2 atom stereocenters. The first kappa shape index (κ1) is 19.6. The van der Waals surface area contributed by atoms with Crippen molar-refractivity contribution < 1.29 is 9.47 Å². The molecule has 2 fully saturated rings. The second-order valence-corrected chi connectivity index (χ2v) is 7.95. The topological polar surface area (TPSA) is 37.0 Å². The van der Waals surface area contributed by atoms with E-state index in [-0.39, 0.29) is 6.10 Å². The number of likely N-dealkylation sites (N-methyl/N-ethyl adjacent to an activating group) is 1. The fourth-order valence-electron chi connectivity index (χ4n) is 3.89. The minimum atomic E-state index is 0.179. The van der Waals surface area contributed by atoms with E-state index in [1.54, 1.807) is 0 Å². The molecule has 0 radical (unpaired) electrons. The Morgan fingerprint density at radius 3 is 2.77 bits per heavy atom. The number of nitrogens with one attached hydrogen (secondary N) is 1. The Bertz CT molecular complexity index is 544. The molecular formula is C21H35N3O2. The summed E-state index contributed by atoms with van der Waals surface area (Å²) in [5.41, 5.74) is 2.70. The Balaban J connectivity index is 1.46. The van der Waals surface area contributed by atoms with Gasteiger partial charge in [-0.3, -0.25) is 0 Å². The fraction of sp³-hybridized carbons (Fsp3) is 0.714. The molecule has 3 rings (SSSR count). The number of hydrogen-bond donors (Lipinski definition) is 1. The third-order valence-corrected chi connectivity index (χ3v) is 5.49. The Labute approximate surface area is 158 Å². The molecule has 0 unspecified atom stereocenters. The Hall–Kier alpha value is -1.14. The molecule has 0 amide bonds. The summed E-state index contributed by atoms with van der Waals surface area (Å²) in [7, 11) is 4.16. The van der Waals surface area contributed by atoms with Gasteiger partial charge in [-0.05, 0) is 58.0 Å². The van der Waals surface area contributed by atoms with Crippen molar-refractivity contribution in [3.63, 3.8) is 0 Å². The van der Waals surface area contributed by atoms with Crippen molar-refractivity contribution in [1.82, 2.24) is 10.2 Å². The van der Waals surface area contributed by atoms with Crippen molar-refractivity contribution in [2.24, 2.45) is 0 Å². The number of nitrogens with zero attached hydrogens (tertiary/aromatic N) is 2. The van der Waals surface area contributed by atoms with Gasteiger partial charge in [0.05, 0.1) is 19.3 Å². The summed E-state index contributed by atoms with van der Waals surface area (Å²) in [5, 5.41) is 3.88. The lowest BCUT2D eigenvalue weighted by Crippen LogP contribution is -2.54. The van der Waals surface area contributed by atoms with Crippen LogP contribution in [0.1, 0.15) is 24.8 Å². The molecule has 2 heterocycles. The summed E-state index contributed by atoms with van der Waals surface area (Å²) < 4.78 is 11.8. The quantitative estimate of drug-likeness (QED) is 0.806. The second-order valence-electron chi connectivity index (χ2n) is 7.95. The van der Waals surface area contributed by atoms with Crippen LogP contribution in [0.5, 0.6) is 0 Å². The first-order valence-electron chi connectivity index (χ1n) is 10.0. The zero-order valence-electron chi connectivity index (χ0n) is 16.6. The van der Waals surface area contributed by atoms with Crippen molar-refractivity contribution in [2.45, 2.75) is 44.4 Å². The Morgan fingerprint density at radius 1 is 1.23 bits per heavy atom. The van der Waals surface area contributed by atoms with Gasteiger partial charge in [-0.2, -0.15) is 0 Å². The van der Waals surface area contributed by atoms with Crippen LogP contribution >= 0.6 is 0 Å². The third-order valence-electron chi connectivity index (χ3n) is 5.49. The second kappa shape index (κ2) is 9.70. The van der Waals surface area contributed by atoms with Crippen LogP contribution in [0.4, 0.5) is 5.69 Å². The van der Waals surface area contributed by atoms with Gasteiger partial charge >= 0.3 is 0 Å². The van der Waals surface area contributed by atoms with Crippen LogP contribution in [0.25, 0.3) is 0 Å². The summed E-state index contributed by atoms with van der Waals surface area (Å²) in [5.74, 6) is 0. The maximum absolute atomic E-state index is 6.11. The van der Waals surface area contributed by atoms with Gasteiger partial charge in [-0.25, -0.2) is 0 Å². The van der Waals surface area contributed by atoms with Crippen LogP contribution in [0.15, 0.2) is 24.3 Å². The summed E-state index contributed by atoms with van der Waals surface area (Å²) in [6, 6.07) is 9.85. The van der Waals surface area contributed by atoms with Crippen molar-refractivity contribution in [3.05, 3.63) is 29.8 Å². The lowest BCUT2D eigenvalue weighted by Gasteiger charge is -2.39. The molecule has 0 saturated carbocycles. The van der Waals surface area contributed by atoms with Crippen LogP contribution in [-0.2, 0) is 9.47 Å². The molecule has 5 nitrogen and oxygen atoms in total. The van der Waals surface area contributed by atoms with Crippen LogP contribution in [-0.4, -0.2) is 76.6 Å². The number of piperidine rings is 1. The normalized spacial score (nSPS) is 25.0. The zero-order chi connectivity index (χ0) is 18.4. The Morgan fingerprint density at radius 2 is 2.04 bits per heavy atom. The van der Waals surface area contributed by atoms with E-state index in [2.05, 4.69) is 60.4 Å². The highest BCUT2D eigenvalue weighted by atomic mass is 16.5. The van der Waals surface area contributed by atoms with Crippen LogP contribution in [0.2, 0.25) is 0 Å². The smallest absolute Gasteiger partial charge is 0.0962 e. The molecule has 1 N–H and O–H groups in total. The van der Waals surface area contributed by atoms with Gasteiger partial charge in [-0.1, -0.05) is 12.1 Å². The van der Waals surface area contributed by atoms with Crippen molar-refractivity contribution in [3.8, 4) is 0 Å². The van der Waals surface area contributed by atoms with Gasteiger partial charge in [0, 0.05) is 44.0 Å². The minimum absolute atomic E-state index is 0.179. The van der Waals surface area contributed by atoms with Gasteiger partial charge in [0.1, 0.15) is 0 Å². The highest BCUT2D eigenvalue weighted by Crippen LogP contribution is 2.22. The molecule has 0 bridgehead atoms. The molecule has 2 saturated heterocycles. The van der Waals surface area contributed by atoms with Gasteiger partial charge in [0.2, 0.25) is 0 Å². The first-order chi connectivity index (χ1) is 12.6. The molecular weight excluding hydrogens is 326 g/mol. The van der Waals surface area contributed by atoms with E-state index in [0.29, 0.717) is 18.7 Å². The van der Waals surface area contributed by atoms with E-state index < -0.39 is 0 Å². The third kappa shape index (κ3) is 5.68. The van der Waals surface area contributed by atoms with E-state index >= 15 is 0 Å². The van der Waals surface area contributed by atoms with Crippen molar-refractivity contribution in [1.29, 1.82) is 0 Å². The number of aryl methyl sites for hydroxylation is 1. The number of ether oxygens (including phenoxy) is 2. The lowest BCUT2D eigenvalue weighted by atomic mass is 9.99. The van der Waals surface area contributed by atoms with Crippen molar-refractivity contribution >= 4 is 5.69 Å². The van der Waals surface area contributed by atoms with Crippen LogP contribution in [0, 0.1) is 6.92 Å². The van der Waals surface area contributed by atoms with E-state index in [4.69, 9.17) is 9.47 Å². The maximum atomic E-state index is 6.11. The molecule has 2 aliphatic heterocycles.